The summed E-state index contributed by atoms with van der Waals surface area (Å²) in [5.41, 5.74) is -0.0185. The largest absolute Gasteiger partial charge is 0.478 e. The number of carbonyl (C=O) groups excluding carboxylic acids is 1. The predicted molar refractivity (Wildman–Crippen MR) is 66.5 cm³/mol. The zero-order valence-electron chi connectivity index (χ0n) is 9.69. The lowest BCUT2D eigenvalue weighted by Crippen LogP contribution is -2.19. The molecule has 1 N–H and O–H groups in total. The van der Waals surface area contributed by atoms with Crippen molar-refractivity contribution in [2.45, 2.75) is 19.3 Å². The molecule has 0 saturated heterocycles. The Morgan fingerprint density at radius 1 is 1.47 bits per heavy atom. The van der Waals surface area contributed by atoms with Crippen molar-refractivity contribution in [2.75, 3.05) is 0 Å². The summed E-state index contributed by atoms with van der Waals surface area (Å²) in [4.78, 5) is 22.0. The third-order valence-electron chi connectivity index (χ3n) is 3.01. The maximum Gasteiger partial charge on any atom is 0.335 e. The molecule has 0 saturated carbocycles. The van der Waals surface area contributed by atoms with Crippen molar-refractivity contribution < 1.29 is 14.7 Å². The zero-order valence-corrected chi connectivity index (χ0v) is 9.69. The molecule has 90 valence electrons. The molecular formula is C14H16O3. The van der Waals surface area contributed by atoms with Gasteiger partial charge in [-0.1, -0.05) is 30.9 Å². The van der Waals surface area contributed by atoms with Crippen LogP contribution in [-0.2, 0) is 9.59 Å². The number of allylic oxidation sites excluding steroid dienone is 4. The maximum atomic E-state index is 11.2. The van der Waals surface area contributed by atoms with Crippen molar-refractivity contribution in [1.29, 1.82) is 0 Å². The molecule has 0 aromatic carbocycles. The van der Waals surface area contributed by atoms with Crippen LogP contribution in [0.5, 0.6) is 0 Å². The van der Waals surface area contributed by atoms with Gasteiger partial charge < -0.3 is 5.11 Å². The lowest BCUT2D eigenvalue weighted by atomic mass is 9.76. The van der Waals surface area contributed by atoms with Crippen LogP contribution in [0.1, 0.15) is 19.3 Å². The fourth-order valence-electron chi connectivity index (χ4n) is 1.75. The van der Waals surface area contributed by atoms with Crippen LogP contribution in [0.2, 0.25) is 0 Å². The average molecular weight is 232 g/mol. The third kappa shape index (κ3) is 3.28. The Kier molecular flexibility index (Phi) is 4.21. The van der Waals surface area contributed by atoms with E-state index in [1.54, 1.807) is 18.2 Å². The van der Waals surface area contributed by atoms with Crippen LogP contribution >= 0.6 is 0 Å². The zero-order chi connectivity index (χ0) is 12.9. The predicted octanol–water partition coefficient (Wildman–Crippen LogP) is 2.67. The quantitative estimate of drug-likeness (QED) is 0.565. The Morgan fingerprint density at radius 2 is 2.18 bits per heavy atom. The summed E-state index contributed by atoms with van der Waals surface area (Å²) in [5.74, 6) is -0.936. The monoisotopic (exact) mass is 232 g/mol. The molecule has 1 aliphatic carbocycles. The van der Waals surface area contributed by atoms with E-state index in [2.05, 4.69) is 13.2 Å². The van der Waals surface area contributed by atoms with Gasteiger partial charge in [0, 0.05) is 11.8 Å². The van der Waals surface area contributed by atoms with Crippen LogP contribution in [0.4, 0.5) is 0 Å². The number of carbonyl (C=O) groups is 2. The van der Waals surface area contributed by atoms with Gasteiger partial charge >= 0.3 is 5.97 Å². The number of ketones is 1. The van der Waals surface area contributed by atoms with Gasteiger partial charge in [-0.3, -0.25) is 4.79 Å². The van der Waals surface area contributed by atoms with Gasteiger partial charge in [-0.25, -0.2) is 4.79 Å². The highest BCUT2D eigenvalue weighted by Crippen LogP contribution is 2.35. The van der Waals surface area contributed by atoms with Crippen LogP contribution < -0.4 is 0 Å². The molecule has 0 aliphatic heterocycles. The summed E-state index contributed by atoms with van der Waals surface area (Å²) in [7, 11) is 0. The normalized spacial score (nSPS) is 22.7. The Morgan fingerprint density at radius 3 is 2.59 bits per heavy atom. The number of hydrogen-bond acceptors (Lipinski definition) is 2. The molecule has 0 fully saturated rings. The SMILES string of the molecule is C=CC(=O)CCC1(C=C)C=CC(C(=O)O)=CC1. The molecule has 1 rings (SSSR count). The number of aliphatic carboxylic acids is 1. The van der Waals surface area contributed by atoms with E-state index >= 15 is 0 Å². The van der Waals surface area contributed by atoms with Crippen LogP contribution in [0, 0.1) is 5.41 Å². The van der Waals surface area contributed by atoms with E-state index in [4.69, 9.17) is 5.11 Å². The van der Waals surface area contributed by atoms with E-state index in [1.165, 1.54) is 6.08 Å². The molecule has 3 heteroatoms. The first kappa shape index (κ1) is 13.2. The molecular weight excluding hydrogens is 216 g/mol. The summed E-state index contributed by atoms with van der Waals surface area (Å²) in [6.07, 6.45) is 9.74. The van der Waals surface area contributed by atoms with E-state index in [-0.39, 0.29) is 16.8 Å². The second-order valence-electron chi connectivity index (χ2n) is 4.11. The van der Waals surface area contributed by atoms with Gasteiger partial charge in [0.15, 0.2) is 5.78 Å². The number of hydrogen-bond donors (Lipinski definition) is 1. The highest BCUT2D eigenvalue weighted by molar-refractivity contribution is 5.90. The van der Waals surface area contributed by atoms with Crippen molar-refractivity contribution in [2.24, 2.45) is 5.41 Å². The molecule has 1 unspecified atom stereocenters. The van der Waals surface area contributed by atoms with Gasteiger partial charge in [-0.05, 0) is 18.9 Å². The van der Waals surface area contributed by atoms with Gasteiger partial charge in [0.05, 0.1) is 5.57 Å². The van der Waals surface area contributed by atoms with Crippen molar-refractivity contribution in [1.82, 2.24) is 0 Å². The number of carboxylic acid groups (broad SMARTS) is 1. The van der Waals surface area contributed by atoms with E-state index < -0.39 is 5.97 Å². The van der Waals surface area contributed by atoms with Crippen LogP contribution in [0.25, 0.3) is 0 Å². The minimum absolute atomic E-state index is 0.00682. The molecule has 3 nitrogen and oxygen atoms in total. The minimum Gasteiger partial charge on any atom is -0.478 e. The summed E-state index contributed by atoms with van der Waals surface area (Å²) in [6, 6.07) is 0. The Labute approximate surface area is 101 Å². The van der Waals surface area contributed by atoms with Crippen molar-refractivity contribution in [3.05, 3.63) is 49.1 Å². The molecule has 0 heterocycles. The van der Waals surface area contributed by atoms with Crippen molar-refractivity contribution in [3.8, 4) is 0 Å². The first-order valence-electron chi connectivity index (χ1n) is 5.44. The molecule has 0 bridgehead atoms. The van der Waals surface area contributed by atoms with Gasteiger partial charge in [0.1, 0.15) is 0 Å². The first-order valence-corrected chi connectivity index (χ1v) is 5.44. The number of carboxylic acids is 1. The molecule has 1 aliphatic rings. The lowest BCUT2D eigenvalue weighted by molar-refractivity contribution is -0.132. The fourth-order valence-corrected chi connectivity index (χ4v) is 1.75. The molecule has 0 aromatic heterocycles. The van der Waals surface area contributed by atoms with E-state index in [9.17, 15) is 9.59 Å². The van der Waals surface area contributed by atoms with Gasteiger partial charge in [-0.15, -0.1) is 6.58 Å². The van der Waals surface area contributed by atoms with Crippen LogP contribution in [-0.4, -0.2) is 16.9 Å². The van der Waals surface area contributed by atoms with Crippen LogP contribution in [0.15, 0.2) is 49.1 Å². The second kappa shape index (κ2) is 5.43. The highest BCUT2D eigenvalue weighted by Gasteiger charge is 2.26. The molecule has 0 amide bonds. The van der Waals surface area contributed by atoms with Crippen molar-refractivity contribution >= 4 is 11.8 Å². The van der Waals surface area contributed by atoms with Gasteiger partial charge in [0.25, 0.3) is 0 Å². The molecule has 0 radical (unpaired) electrons. The topological polar surface area (TPSA) is 54.4 Å². The molecule has 17 heavy (non-hydrogen) atoms. The molecule has 0 spiro atoms. The fraction of sp³-hybridized carbons (Fsp3) is 0.286. The van der Waals surface area contributed by atoms with Gasteiger partial charge in [0.2, 0.25) is 0 Å². The summed E-state index contributed by atoms with van der Waals surface area (Å²) in [6.45, 7) is 7.19. The molecule has 1 atom stereocenters. The summed E-state index contributed by atoms with van der Waals surface area (Å²) in [5, 5.41) is 8.82. The van der Waals surface area contributed by atoms with E-state index in [0.29, 0.717) is 19.3 Å². The second-order valence-corrected chi connectivity index (χ2v) is 4.11. The standard InChI is InChI=1S/C14H16O3/c1-3-12(15)7-10-14(4-2)8-5-11(6-9-14)13(16)17/h3-6,8H,1-2,7,9-10H2,(H,16,17). The number of rotatable bonds is 6. The maximum absolute atomic E-state index is 11.2. The highest BCUT2D eigenvalue weighted by atomic mass is 16.4. The minimum atomic E-state index is -0.930. The van der Waals surface area contributed by atoms with E-state index in [0.717, 1.165) is 0 Å². The Balaban J connectivity index is 2.72. The first-order chi connectivity index (χ1) is 8.03. The van der Waals surface area contributed by atoms with Crippen LogP contribution in [0.3, 0.4) is 0 Å². The Hall–Kier alpha value is -1.90. The Bertz CT molecular complexity index is 415. The lowest BCUT2D eigenvalue weighted by Gasteiger charge is -2.28. The van der Waals surface area contributed by atoms with E-state index in [1.807, 2.05) is 6.08 Å². The smallest absolute Gasteiger partial charge is 0.335 e. The third-order valence-corrected chi connectivity index (χ3v) is 3.01. The molecule has 0 aromatic rings. The average Bonchev–Trinajstić information content (AvgIpc) is 2.36. The van der Waals surface area contributed by atoms with Gasteiger partial charge in [-0.2, -0.15) is 0 Å². The summed E-state index contributed by atoms with van der Waals surface area (Å²) >= 11 is 0. The van der Waals surface area contributed by atoms with Crippen molar-refractivity contribution in [3.63, 3.8) is 0 Å². The summed E-state index contributed by atoms with van der Waals surface area (Å²) < 4.78 is 0.